The normalized spacial score (nSPS) is 10.4. The number of anilines is 1. The van der Waals surface area contributed by atoms with E-state index in [-0.39, 0.29) is 12.3 Å². The molecule has 1 aromatic heterocycles. The lowest BCUT2D eigenvalue weighted by molar-refractivity contribution is -0.115. The molecule has 0 saturated heterocycles. The molecule has 1 N–H and O–H groups in total. The van der Waals surface area contributed by atoms with Gasteiger partial charge in [0.05, 0.1) is 12.1 Å². The molecule has 22 heavy (non-hydrogen) atoms. The summed E-state index contributed by atoms with van der Waals surface area (Å²) < 4.78 is 0. The van der Waals surface area contributed by atoms with E-state index < -0.39 is 0 Å². The fraction of sp³-hybridized carbons (Fsp3) is 0.111. The molecule has 0 radical (unpaired) electrons. The molecular formula is C18H16N2OS. The third-order valence-electron chi connectivity index (χ3n) is 3.25. The monoisotopic (exact) mass is 308 g/mol. The van der Waals surface area contributed by atoms with Crippen LogP contribution in [0.25, 0.3) is 10.6 Å². The Kier molecular flexibility index (Phi) is 4.30. The summed E-state index contributed by atoms with van der Waals surface area (Å²) in [5.74, 6) is -0.0491. The number of benzene rings is 2. The molecule has 0 saturated carbocycles. The van der Waals surface area contributed by atoms with Gasteiger partial charge in [0.1, 0.15) is 5.01 Å². The van der Waals surface area contributed by atoms with Crippen molar-refractivity contribution in [3.05, 3.63) is 71.2 Å². The van der Waals surface area contributed by atoms with Gasteiger partial charge in [0, 0.05) is 16.6 Å². The zero-order chi connectivity index (χ0) is 15.4. The average Bonchev–Trinajstić information content (AvgIpc) is 2.97. The first kappa shape index (κ1) is 14.5. The molecule has 3 aromatic rings. The minimum absolute atomic E-state index is 0.0491. The first-order valence-electron chi connectivity index (χ1n) is 7.07. The molecular weight excluding hydrogens is 292 g/mol. The van der Waals surface area contributed by atoms with Crippen LogP contribution in [-0.2, 0) is 11.2 Å². The number of nitrogens with zero attached hydrogens (tertiary/aromatic N) is 1. The van der Waals surface area contributed by atoms with Gasteiger partial charge in [-0.15, -0.1) is 11.3 Å². The number of para-hydroxylation sites is 1. The highest BCUT2D eigenvalue weighted by molar-refractivity contribution is 7.13. The van der Waals surface area contributed by atoms with Gasteiger partial charge in [-0.3, -0.25) is 4.79 Å². The smallest absolute Gasteiger partial charge is 0.230 e. The molecule has 0 unspecified atom stereocenters. The van der Waals surface area contributed by atoms with E-state index in [9.17, 15) is 4.79 Å². The predicted molar refractivity (Wildman–Crippen MR) is 91.1 cm³/mol. The van der Waals surface area contributed by atoms with Gasteiger partial charge in [-0.25, -0.2) is 4.98 Å². The highest BCUT2D eigenvalue weighted by atomic mass is 32.1. The van der Waals surface area contributed by atoms with Gasteiger partial charge in [0.15, 0.2) is 0 Å². The van der Waals surface area contributed by atoms with E-state index in [1.165, 1.54) is 5.56 Å². The fourth-order valence-electron chi connectivity index (χ4n) is 2.11. The van der Waals surface area contributed by atoms with Crippen LogP contribution in [-0.4, -0.2) is 10.9 Å². The van der Waals surface area contributed by atoms with Gasteiger partial charge >= 0.3 is 0 Å². The van der Waals surface area contributed by atoms with Crippen molar-refractivity contribution in [3.63, 3.8) is 0 Å². The molecule has 4 heteroatoms. The Hall–Kier alpha value is -2.46. The molecule has 0 aliphatic heterocycles. The fourth-order valence-corrected chi connectivity index (χ4v) is 2.93. The van der Waals surface area contributed by atoms with Gasteiger partial charge < -0.3 is 5.32 Å². The molecule has 0 atom stereocenters. The van der Waals surface area contributed by atoms with Crippen molar-refractivity contribution in [1.29, 1.82) is 0 Å². The van der Waals surface area contributed by atoms with Crippen LogP contribution in [0, 0.1) is 6.92 Å². The summed E-state index contributed by atoms with van der Waals surface area (Å²) in [6, 6.07) is 17.7. The van der Waals surface area contributed by atoms with E-state index in [0.717, 1.165) is 22.0 Å². The lowest BCUT2D eigenvalue weighted by Gasteiger charge is -2.03. The molecule has 3 rings (SSSR count). The largest absolute Gasteiger partial charge is 0.326 e. The van der Waals surface area contributed by atoms with Crippen molar-refractivity contribution in [2.45, 2.75) is 13.3 Å². The van der Waals surface area contributed by atoms with Crippen LogP contribution in [0.1, 0.15) is 11.3 Å². The number of carbonyl (C=O) groups excluding carboxylic acids is 1. The number of nitrogens with one attached hydrogen (secondary N) is 1. The maximum Gasteiger partial charge on any atom is 0.230 e. The number of hydrogen-bond acceptors (Lipinski definition) is 3. The number of thiazole rings is 1. The summed E-state index contributed by atoms with van der Waals surface area (Å²) in [5.41, 5.74) is 3.92. The quantitative estimate of drug-likeness (QED) is 0.781. The summed E-state index contributed by atoms with van der Waals surface area (Å²) in [7, 11) is 0. The summed E-state index contributed by atoms with van der Waals surface area (Å²) in [6.07, 6.45) is 0.289. The number of hydrogen-bond donors (Lipinski definition) is 1. The van der Waals surface area contributed by atoms with Gasteiger partial charge in [-0.2, -0.15) is 0 Å². The van der Waals surface area contributed by atoms with Gasteiger partial charge in [-0.1, -0.05) is 48.0 Å². The maximum absolute atomic E-state index is 12.0. The number of amides is 1. The van der Waals surface area contributed by atoms with Crippen LogP contribution < -0.4 is 5.32 Å². The average molecular weight is 308 g/mol. The second-order valence-corrected chi connectivity index (χ2v) is 5.96. The van der Waals surface area contributed by atoms with Gasteiger partial charge in [-0.05, 0) is 19.1 Å². The van der Waals surface area contributed by atoms with Crippen LogP contribution >= 0.6 is 11.3 Å². The maximum atomic E-state index is 12.0. The standard InChI is InChI=1S/C18H16N2OS/c1-13-7-9-14(10-8-13)18-20-16(12-22-18)11-17(21)19-15-5-3-2-4-6-15/h2-10,12H,11H2,1H3,(H,19,21). The van der Waals surface area contributed by atoms with E-state index in [2.05, 4.69) is 41.5 Å². The lowest BCUT2D eigenvalue weighted by Crippen LogP contribution is -2.14. The Morgan fingerprint density at radius 1 is 1.09 bits per heavy atom. The Morgan fingerprint density at radius 2 is 1.82 bits per heavy atom. The molecule has 110 valence electrons. The van der Waals surface area contributed by atoms with Crippen molar-refractivity contribution in [2.75, 3.05) is 5.32 Å². The zero-order valence-corrected chi connectivity index (χ0v) is 13.1. The molecule has 1 amide bonds. The molecule has 0 fully saturated rings. The molecule has 0 bridgehead atoms. The van der Waals surface area contributed by atoms with Crippen molar-refractivity contribution in [2.24, 2.45) is 0 Å². The Labute approximate surface area is 133 Å². The van der Waals surface area contributed by atoms with E-state index in [4.69, 9.17) is 0 Å². The number of aryl methyl sites for hydroxylation is 1. The molecule has 0 aliphatic rings. The molecule has 3 nitrogen and oxygen atoms in total. The first-order valence-corrected chi connectivity index (χ1v) is 7.95. The minimum Gasteiger partial charge on any atom is -0.326 e. The summed E-state index contributed by atoms with van der Waals surface area (Å²) in [4.78, 5) is 16.6. The number of aromatic nitrogens is 1. The second kappa shape index (κ2) is 6.54. The first-order chi connectivity index (χ1) is 10.7. The van der Waals surface area contributed by atoms with E-state index in [1.807, 2.05) is 35.7 Å². The molecule has 1 heterocycles. The van der Waals surface area contributed by atoms with E-state index >= 15 is 0 Å². The highest BCUT2D eigenvalue weighted by Gasteiger charge is 2.09. The van der Waals surface area contributed by atoms with Crippen molar-refractivity contribution in [3.8, 4) is 10.6 Å². The minimum atomic E-state index is -0.0491. The van der Waals surface area contributed by atoms with Crippen LogP contribution in [0.4, 0.5) is 5.69 Å². The van der Waals surface area contributed by atoms with Crippen LogP contribution in [0.2, 0.25) is 0 Å². The van der Waals surface area contributed by atoms with Gasteiger partial charge in [0.25, 0.3) is 0 Å². The second-order valence-electron chi connectivity index (χ2n) is 5.10. The van der Waals surface area contributed by atoms with Gasteiger partial charge in [0.2, 0.25) is 5.91 Å². The van der Waals surface area contributed by atoms with Crippen molar-refractivity contribution >= 4 is 22.9 Å². The Bertz CT molecular complexity index is 763. The number of carbonyl (C=O) groups is 1. The summed E-state index contributed by atoms with van der Waals surface area (Å²) >= 11 is 1.57. The predicted octanol–water partition coefficient (Wildman–Crippen LogP) is 4.30. The van der Waals surface area contributed by atoms with Crippen LogP contribution in [0.15, 0.2) is 60.0 Å². The topological polar surface area (TPSA) is 42.0 Å². The third-order valence-corrected chi connectivity index (χ3v) is 4.19. The lowest BCUT2D eigenvalue weighted by atomic mass is 10.2. The Balaban J connectivity index is 1.66. The third kappa shape index (κ3) is 3.59. The van der Waals surface area contributed by atoms with Crippen LogP contribution in [0.3, 0.4) is 0 Å². The summed E-state index contributed by atoms with van der Waals surface area (Å²) in [6.45, 7) is 2.06. The van der Waals surface area contributed by atoms with Crippen molar-refractivity contribution in [1.82, 2.24) is 4.98 Å². The van der Waals surface area contributed by atoms with Crippen LogP contribution in [0.5, 0.6) is 0 Å². The molecule has 2 aromatic carbocycles. The molecule has 0 spiro atoms. The summed E-state index contributed by atoms with van der Waals surface area (Å²) in [5, 5.41) is 5.76. The SMILES string of the molecule is Cc1ccc(-c2nc(CC(=O)Nc3ccccc3)cs2)cc1. The highest BCUT2D eigenvalue weighted by Crippen LogP contribution is 2.24. The van der Waals surface area contributed by atoms with E-state index in [1.54, 1.807) is 11.3 Å². The Morgan fingerprint density at radius 3 is 2.55 bits per heavy atom. The van der Waals surface area contributed by atoms with E-state index in [0.29, 0.717) is 0 Å². The number of rotatable bonds is 4. The molecule has 0 aliphatic carbocycles. The zero-order valence-electron chi connectivity index (χ0n) is 12.2. The van der Waals surface area contributed by atoms with Crippen molar-refractivity contribution < 1.29 is 4.79 Å².